The van der Waals surface area contributed by atoms with Crippen LogP contribution in [0, 0.1) is 0 Å². The number of nitrogens with two attached hydrogens (primary N) is 1. The van der Waals surface area contributed by atoms with E-state index in [0.717, 1.165) is 0 Å². The molecule has 0 bridgehead atoms. The average Bonchev–Trinajstić information content (AvgIpc) is 2.12. The summed E-state index contributed by atoms with van der Waals surface area (Å²) in [5, 5.41) is 3.54. The van der Waals surface area contributed by atoms with Crippen molar-refractivity contribution in [2.75, 3.05) is 0 Å². The highest BCUT2D eigenvalue weighted by Gasteiger charge is 1.95. The van der Waals surface area contributed by atoms with Gasteiger partial charge in [-0.1, -0.05) is 0 Å². The van der Waals surface area contributed by atoms with Gasteiger partial charge in [-0.2, -0.15) is 11.3 Å². The van der Waals surface area contributed by atoms with Crippen molar-refractivity contribution in [3.63, 3.8) is 0 Å². The summed E-state index contributed by atoms with van der Waals surface area (Å²) in [4.78, 5) is 10.3. The molecule has 3 heteroatoms. The van der Waals surface area contributed by atoms with Gasteiger partial charge in [-0.15, -0.1) is 0 Å². The fourth-order valence-electron chi connectivity index (χ4n) is 0.405. The van der Waals surface area contributed by atoms with E-state index in [1.165, 1.54) is 11.3 Å². The van der Waals surface area contributed by atoms with Crippen LogP contribution in [0.2, 0.25) is 0 Å². The van der Waals surface area contributed by atoms with Crippen LogP contribution in [0.1, 0.15) is 10.4 Å². The summed E-state index contributed by atoms with van der Waals surface area (Å²) < 4.78 is 0. The lowest BCUT2D eigenvalue weighted by Crippen LogP contribution is -2.08. The number of primary amides is 1. The number of hydrogen-bond acceptors (Lipinski definition) is 2. The van der Waals surface area contributed by atoms with Gasteiger partial charge < -0.3 is 5.73 Å². The summed E-state index contributed by atoms with van der Waals surface area (Å²) >= 11 is 1.47. The fourth-order valence-corrected chi connectivity index (χ4v) is 1.05. The predicted octanol–water partition coefficient (Wildman–Crippen LogP) is 0.847. The van der Waals surface area contributed by atoms with Crippen LogP contribution >= 0.6 is 11.3 Å². The molecular formula is C5H5NOS. The Labute approximate surface area is 50.9 Å². The number of thiophene rings is 1. The van der Waals surface area contributed by atoms with Crippen molar-refractivity contribution in [1.82, 2.24) is 0 Å². The van der Waals surface area contributed by atoms with Gasteiger partial charge in [-0.3, -0.25) is 4.79 Å². The Kier molecular flexibility index (Phi) is 1.30. The molecule has 0 spiro atoms. The first-order valence-corrected chi connectivity index (χ1v) is 3.07. The van der Waals surface area contributed by atoms with E-state index in [9.17, 15) is 4.79 Å². The largest absolute Gasteiger partial charge is 0.366 e. The zero-order chi connectivity index (χ0) is 5.98. The van der Waals surface area contributed by atoms with Gasteiger partial charge in [-0.25, -0.2) is 0 Å². The summed E-state index contributed by atoms with van der Waals surface area (Å²) in [6.07, 6.45) is 0. The quantitative estimate of drug-likeness (QED) is 0.597. The molecule has 0 saturated carbocycles. The zero-order valence-corrected chi connectivity index (χ0v) is 4.94. The maximum Gasteiger partial charge on any atom is 0.249 e. The van der Waals surface area contributed by atoms with Gasteiger partial charge in [0.15, 0.2) is 0 Å². The first kappa shape index (κ1) is 5.31. The molecule has 1 rings (SSSR count). The van der Waals surface area contributed by atoms with E-state index in [-0.39, 0.29) is 5.91 Å². The van der Waals surface area contributed by atoms with Crippen molar-refractivity contribution < 1.29 is 4.79 Å². The van der Waals surface area contributed by atoms with E-state index in [1.807, 2.05) is 5.38 Å². The molecule has 0 saturated heterocycles. The molecule has 1 aromatic rings. The molecule has 1 aromatic heterocycles. The van der Waals surface area contributed by atoms with Crippen LogP contribution in [0.3, 0.4) is 0 Å². The van der Waals surface area contributed by atoms with Crippen molar-refractivity contribution in [1.29, 1.82) is 0 Å². The highest BCUT2D eigenvalue weighted by molar-refractivity contribution is 7.08. The fraction of sp³-hybridized carbons (Fsp3) is 0. The predicted molar refractivity (Wildman–Crippen MR) is 32.8 cm³/mol. The third-order valence-corrected chi connectivity index (χ3v) is 1.49. The first-order chi connectivity index (χ1) is 3.80. The van der Waals surface area contributed by atoms with Gasteiger partial charge in [-0.05, 0) is 11.4 Å². The number of rotatable bonds is 1. The topological polar surface area (TPSA) is 43.1 Å². The normalized spacial score (nSPS) is 9.00. The van der Waals surface area contributed by atoms with Crippen molar-refractivity contribution in [3.8, 4) is 0 Å². The van der Waals surface area contributed by atoms with E-state index in [2.05, 4.69) is 0 Å². The van der Waals surface area contributed by atoms with Crippen LogP contribution in [0.5, 0.6) is 0 Å². The van der Waals surface area contributed by atoms with E-state index < -0.39 is 0 Å². The van der Waals surface area contributed by atoms with Crippen LogP contribution in [-0.4, -0.2) is 5.91 Å². The monoisotopic (exact) mass is 127 g/mol. The van der Waals surface area contributed by atoms with Crippen molar-refractivity contribution in [2.45, 2.75) is 0 Å². The molecule has 1 amide bonds. The van der Waals surface area contributed by atoms with Crippen molar-refractivity contribution in [3.05, 3.63) is 22.4 Å². The van der Waals surface area contributed by atoms with E-state index in [1.54, 1.807) is 11.4 Å². The minimum atomic E-state index is -0.355. The molecule has 0 fully saturated rings. The Morgan fingerprint density at radius 3 is 2.75 bits per heavy atom. The average molecular weight is 127 g/mol. The molecule has 0 aliphatic carbocycles. The summed E-state index contributed by atoms with van der Waals surface area (Å²) in [5.74, 6) is -0.355. The zero-order valence-electron chi connectivity index (χ0n) is 4.13. The number of carbonyl (C=O) groups excluding carboxylic acids is 1. The van der Waals surface area contributed by atoms with Crippen molar-refractivity contribution in [2.24, 2.45) is 5.73 Å². The van der Waals surface area contributed by atoms with Gasteiger partial charge >= 0.3 is 0 Å². The van der Waals surface area contributed by atoms with Gasteiger partial charge in [0.25, 0.3) is 0 Å². The minimum Gasteiger partial charge on any atom is -0.366 e. The van der Waals surface area contributed by atoms with E-state index in [4.69, 9.17) is 5.73 Å². The van der Waals surface area contributed by atoms with Crippen LogP contribution in [0.4, 0.5) is 0 Å². The number of amides is 1. The Morgan fingerprint density at radius 2 is 2.50 bits per heavy atom. The second-order valence-electron chi connectivity index (χ2n) is 1.38. The summed E-state index contributed by atoms with van der Waals surface area (Å²) in [5.41, 5.74) is 5.52. The summed E-state index contributed by atoms with van der Waals surface area (Å²) in [6.45, 7) is 0. The molecule has 42 valence electrons. The SMILES string of the molecule is NC(=O)c1ccsc1. The molecule has 0 radical (unpaired) electrons. The highest BCUT2D eigenvalue weighted by Crippen LogP contribution is 2.03. The van der Waals surface area contributed by atoms with Gasteiger partial charge in [0, 0.05) is 10.9 Å². The van der Waals surface area contributed by atoms with Gasteiger partial charge in [0.2, 0.25) is 5.91 Å². The minimum absolute atomic E-state index is 0.355. The second kappa shape index (κ2) is 1.96. The smallest absolute Gasteiger partial charge is 0.249 e. The lowest BCUT2D eigenvalue weighted by atomic mass is 10.3. The molecule has 8 heavy (non-hydrogen) atoms. The lowest BCUT2D eigenvalue weighted by Gasteiger charge is -1.80. The van der Waals surface area contributed by atoms with Crippen LogP contribution in [0.25, 0.3) is 0 Å². The molecule has 0 atom stereocenters. The number of hydrogen-bond donors (Lipinski definition) is 1. The van der Waals surface area contributed by atoms with E-state index >= 15 is 0 Å². The Hall–Kier alpha value is -0.830. The molecule has 0 unspecified atom stereocenters. The maximum atomic E-state index is 10.3. The first-order valence-electron chi connectivity index (χ1n) is 2.12. The Balaban J connectivity index is 2.93. The molecule has 0 aliphatic heterocycles. The van der Waals surface area contributed by atoms with Crippen LogP contribution in [0.15, 0.2) is 16.8 Å². The molecule has 0 aromatic carbocycles. The lowest BCUT2D eigenvalue weighted by molar-refractivity contribution is 0.100. The maximum absolute atomic E-state index is 10.3. The second-order valence-corrected chi connectivity index (χ2v) is 2.16. The molecule has 1 heterocycles. The van der Waals surface area contributed by atoms with Gasteiger partial charge in [0.05, 0.1) is 0 Å². The van der Waals surface area contributed by atoms with Gasteiger partial charge in [0.1, 0.15) is 0 Å². The number of carbonyl (C=O) groups is 1. The Bertz CT molecular complexity index is 180. The Morgan fingerprint density at radius 1 is 1.75 bits per heavy atom. The molecule has 0 aliphatic rings. The molecule has 2 nitrogen and oxygen atoms in total. The third-order valence-electron chi connectivity index (χ3n) is 0.806. The van der Waals surface area contributed by atoms with Crippen LogP contribution in [-0.2, 0) is 0 Å². The third kappa shape index (κ3) is 0.869. The molecular weight excluding hydrogens is 122 g/mol. The standard InChI is InChI=1S/C5H5NOS/c6-5(7)4-1-2-8-3-4/h1-3H,(H2,6,7). The van der Waals surface area contributed by atoms with E-state index in [0.29, 0.717) is 5.56 Å². The molecule has 2 N–H and O–H groups in total. The summed E-state index contributed by atoms with van der Waals surface area (Å²) in [7, 11) is 0. The summed E-state index contributed by atoms with van der Waals surface area (Å²) in [6, 6.07) is 1.70. The van der Waals surface area contributed by atoms with Crippen molar-refractivity contribution >= 4 is 17.2 Å². The highest BCUT2D eigenvalue weighted by atomic mass is 32.1. The van der Waals surface area contributed by atoms with Crippen LogP contribution < -0.4 is 5.73 Å².